The maximum absolute atomic E-state index is 13.8. The number of nitriles is 1. The SMILES string of the molecule is N#Cc1ccc(NCCCNC2CC2)c(F)c1Br. The third-order valence-electron chi connectivity index (χ3n) is 2.88. The molecule has 0 saturated heterocycles. The topological polar surface area (TPSA) is 47.9 Å². The van der Waals surface area contributed by atoms with Crippen LogP contribution in [0.3, 0.4) is 0 Å². The molecular formula is C13H15BrFN3. The van der Waals surface area contributed by atoms with E-state index in [0.717, 1.165) is 19.5 Å². The molecule has 3 nitrogen and oxygen atoms in total. The summed E-state index contributed by atoms with van der Waals surface area (Å²) in [5.74, 6) is -0.399. The van der Waals surface area contributed by atoms with Gasteiger partial charge in [-0.15, -0.1) is 0 Å². The smallest absolute Gasteiger partial charge is 0.161 e. The van der Waals surface area contributed by atoms with Crippen LogP contribution in [0.25, 0.3) is 0 Å². The molecule has 1 aliphatic rings. The summed E-state index contributed by atoms with van der Waals surface area (Å²) in [5.41, 5.74) is 0.751. The Balaban J connectivity index is 1.81. The Morgan fingerprint density at radius 2 is 2.17 bits per heavy atom. The first kappa shape index (κ1) is 13.3. The summed E-state index contributed by atoms with van der Waals surface area (Å²) in [6, 6.07) is 5.86. The Bertz CT molecular complexity index is 466. The third-order valence-corrected chi connectivity index (χ3v) is 3.66. The van der Waals surface area contributed by atoms with Crippen LogP contribution in [-0.4, -0.2) is 19.1 Å². The fraction of sp³-hybridized carbons (Fsp3) is 0.462. The molecule has 2 N–H and O–H groups in total. The molecule has 1 aromatic rings. The molecule has 0 aliphatic heterocycles. The molecule has 0 heterocycles. The number of benzene rings is 1. The lowest BCUT2D eigenvalue weighted by Gasteiger charge is -2.09. The molecule has 0 bridgehead atoms. The second-order valence-electron chi connectivity index (χ2n) is 4.41. The lowest BCUT2D eigenvalue weighted by molar-refractivity contribution is 0.619. The molecule has 0 aromatic heterocycles. The van der Waals surface area contributed by atoms with Gasteiger partial charge in [0.1, 0.15) is 6.07 Å². The third kappa shape index (κ3) is 3.44. The first-order chi connectivity index (χ1) is 8.72. The first-order valence-corrected chi connectivity index (χ1v) is 6.87. The van der Waals surface area contributed by atoms with Crippen molar-refractivity contribution in [3.63, 3.8) is 0 Å². The minimum atomic E-state index is -0.399. The average Bonchev–Trinajstić information content (AvgIpc) is 3.18. The highest BCUT2D eigenvalue weighted by Gasteiger charge is 2.19. The molecule has 1 saturated carbocycles. The van der Waals surface area contributed by atoms with Crippen molar-refractivity contribution >= 4 is 21.6 Å². The predicted molar refractivity (Wildman–Crippen MR) is 72.9 cm³/mol. The number of hydrogen-bond donors (Lipinski definition) is 2. The quantitative estimate of drug-likeness (QED) is 0.794. The van der Waals surface area contributed by atoms with Crippen LogP contribution in [0.1, 0.15) is 24.8 Å². The van der Waals surface area contributed by atoms with Crippen molar-refractivity contribution in [1.29, 1.82) is 5.26 Å². The minimum Gasteiger partial charge on any atom is -0.383 e. The summed E-state index contributed by atoms with van der Waals surface area (Å²) in [6.07, 6.45) is 3.52. The summed E-state index contributed by atoms with van der Waals surface area (Å²) >= 11 is 3.09. The standard InChI is InChI=1S/C13H15BrFN3/c14-12-9(8-16)2-5-11(13(12)15)18-7-1-6-17-10-3-4-10/h2,5,10,17-18H,1,3-4,6-7H2. The van der Waals surface area contributed by atoms with Gasteiger partial charge in [-0.1, -0.05) is 0 Å². The van der Waals surface area contributed by atoms with E-state index in [1.165, 1.54) is 12.8 Å². The molecule has 0 atom stereocenters. The van der Waals surface area contributed by atoms with Crippen molar-refractivity contribution in [2.24, 2.45) is 0 Å². The van der Waals surface area contributed by atoms with Gasteiger partial charge in [0.15, 0.2) is 5.82 Å². The summed E-state index contributed by atoms with van der Waals surface area (Å²) in [7, 11) is 0. The van der Waals surface area contributed by atoms with Gasteiger partial charge in [-0.25, -0.2) is 4.39 Å². The number of anilines is 1. The maximum atomic E-state index is 13.8. The molecule has 2 rings (SSSR count). The van der Waals surface area contributed by atoms with E-state index in [9.17, 15) is 4.39 Å². The fourth-order valence-electron chi connectivity index (χ4n) is 1.68. The van der Waals surface area contributed by atoms with Gasteiger partial charge in [0.25, 0.3) is 0 Å². The Hall–Kier alpha value is -1.12. The summed E-state index contributed by atoms with van der Waals surface area (Å²) < 4.78 is 14.0. The van der Waals surface area contributed by atoms with Gasteiger partial charge in [-0.2, -0.15) is 5.26 Å². The molecule has 0 radical (unpaired) electrons. The molecule has 96 valence electrons. The van der Waals surface area contributed by atoms with Crippen LogP contribution in [0, 0.1) is 17.1 Å². The van der Waals surface area contributed by atoms with Crippen LogP contribution in [0.4, 0.5) is 10.1 Å². The van der Waals surface area contributed by atoms with Gasteiger partial charge in [0.05, 0.1) is 15.7 Å². The van der Waals surface area contributed by atoms with Crippen LogP contribution < -0.4 is 10.6 Å². The van der Waals surface area contributed by atoms with E-state index in [1.54, 1.807) is 12.1 Å². The van der Waals surface area contributed by atoms with Gasteiger partial charge in [-0.05, 0) is 53.9 Å². The average molecular weight is 312 g/mol. The van der Waals surface area contributed by atoms with E-state index < -0.39 is 5.82 Å². The van der Waals surface area contributed by atoms with Crippen LogP contribution in [0.5, 0.6) is 0 Å². The van der Waals surface area contributed by atoms with Crippen molar-refractivity contribution in [1.82, 2.24) is 5.32 Å². The van der Waals surface area contributed by atoms with E-state index in [-0.39, 0.29) is 4.47 Å². The van der Waals surface area contributed by atoms with E-state index in [0.29, 0.717) is 17.3 Å². The highest BCUT2D eigenvalue weighted by atomic mass is 79.9. The van der Waals surface area contributed by atoms with Crippen LogP contribution in [-0.2, 0) is 0 Å². The van der Waals surface area contributed by atoms with Crippen LogP contribution >= 0.6 is 15.9 Å². The van der Waals surface area contributed by atoms with Gasteiger partial charge >= 0.3 is 0 Å². The highest BCUT2D eigenvalue weighted by molar-refractivity contribution is 9.10. The number of rotatable bonds is 6. The van der Waals surface area contributed by atoms with Crippen molar-refractivity contribution < 1.29 is 4.39 Å². The van der Waals surface area contributed by atoms with E-state index in [1.807, 2.05) is 6.07 Å². The predicted octanol–water partition coefficient (Wildman–Crippen LogP) is 3.01. The number of hydrogen-bond acceptors (Lipinski definition) is 3. The molecule has 1 aliphatic carbocycles. The van der Waals surface area contributed by atoms with E-state index in [2.05, 4.69) is 26.6 Å². The molecular weight excluding hydrogens is 297 g/mol. The molecule has 0 spiro atoms. The molecule has 1 aromatic carbocycles. The van der Waals surface area contributed by atoms with Crippen molar-refractivity contribution in [3.05, 3.63) is 28.0 Å². The molecule has 0 amide bonds. The second kappa shape index (κ2) is 6.17. The summed E-state index contributed by atoms with van der Waals surface area (Å²) in [5, 5.41) is 15.2. The monoisotopic (exact) mass is 311 g/mol. The van der Waals surface area contributed by atoms with Gasteiger partial charge in [0.2, 0.25) is 0 Å². The highest BCUT2D eigenvalue weighted by Crippen LogP contribution is 2.26. The minimum absolute atomic E-state index is 0.228. The molecule has 18 heavy (non-hydrogen) atoms. The molecule has 5 heteroatoms. The largest absolute Gasteiger partial charge is 0.383 e. The normalized spacial score (nSPS) is 14.3. The van der Waals surface area contributed by atoms with E-state index in [4.69, 9.17) is 5.26 Å². The Morgan fingerprint density at radius 1 is 1.39 bits per heavy atom. The second-order valence-corrected chi connectivity index (χ2v) is 5.20. The van der Waals surface area contributed by atoms with Crippen LogP contribution in [0.15, 0.2) is 16.6 Å². The number of nitrogens with one attached hydrogen (secondary N) is 2. The summed E-state index contributed by atoms with van der Waals surface area (Å²) in [4.78, 5) is 0. The van der Waals surface area contributed by atoms with Gasteiger partial charge < -0.3 is 10.6 Å². The Kier molecular flexibility index (Phi) is 4.56. The van der Waals surface area contributed by atoms with Gasteiger partial charge in [0, 0.05) is 12.6 Å². The lowest BCUT2D eigenvalue weighted by Crippen LogP contribution is -2.20. The maximum Gasteiger partial charge on any atom is 0.161 e. The Morgan fingerprint density at radius 3 is 2.83 bits per heavy atom. The van der Waals surface area contributed by atoms with Crippen LogP contribution in [0.2, 0.25) is 0 Å². The Labute approximate surface area is 115 Å². The fourth-order valence-corrected chi connectivity index (χ4v) is 2.11. The van der Waals surface area contributed by atoms with Crippen molar-refractivity contribution in [2.45, 2.75) is 25.3 Å². The zero-order valence-electron chi connectivity index (χ0n) is 9.97. The summed E-state index contributed by atoms with van der Waals surface area (Å²) in [6.45, 7) is 1.67. The zero-order valence-corrected chi connectivity index (χ0v) is 11.6. The zero-order chi connectivity index (χ0) is 13.0. The number of nitrogens with zero attached hydrogens (tertiary/aromatic N) is 1. The molecule has 1 fully saturated rings. The number of halogens is 2. The first-order valence-electron chi connectivity index (χ1n) is 6.07. The van der Waals surface area contributed by atoms with Crippen molar-refractivity contribution in [3.8, 4) is 6.07 Å². The lowest BCUT2D eigenvalue weighted by atomic mass is 10.2. The van der Waals surface area contributed by atoms with E-state index >= 15 is 0 Å². The van der Waals surface area contributed by atoms with Gasteiger partial charge in [-0.3, -0.25) is 0 Å². The van der Waals surface area contributed by atoms with Crippen molar-refractivity contribution in [2.75, 3.05) is 18.4 Å². The molecule has 0 unspecified atom stereocenters.